The molecular formula is C28H33N3O2. The highest BCUT2D eigenvalue weighted by molar-refractivity contribution is 5.75. The first-order chi connectivity index (χ1) is 16.2. The summed E-state index contributed by atoms with van der Waals surface area (Å²) in [4.78, 5) is 17.6. The van der Waals surface area contributed by atoms with Crippen LogP contribution in [0.1, 0.15) is 52.9 Å². The van der Waals surface area contributed by atoms with Crippen molar-refractivity contribution in [3.05, 3.63) is 95.3 Å². The average molecular weight is 444 g/mol. The van der Waals surface area contributed by atoms with Gasteiger partial charge in [-0.25, -0.2) is 4.98 Å². The molecule has 1 saturated heterocycles. The molecule has 2 heterocycles. The van der Waals surface area contributed by atoms with E-state index in [4.69, 9.17) is 0 Å². The number of aromatic nitrogens is 1. The zero-order chi connectivity index (χ0) is 23.0. The van der Waals surface area contributed by atoms with Gasteiger partial charge in [0, 0.05) is 43.8 Å². The van der Waals surface area contributed by atoms with E-state index in [-0.39, 0.29) is 11.4 Å². The molecule has 2 N–H and O–H groups in total. The number of aromatic hydroxyl groups is 1. The van der Waals surface area contributed by atoms with E-state index in [1.54, 1.807) is 12.3 Å². The highest BCUT2D eigenvalue weighted by Crippen LogP contribution is 2.33. The summed E-state index contributed by atoms with van der Waals surface area (Å²) in [5.74, 6) is 0.269. The second kappa shape index (κ2) is 11.2. The van der Waals surface area contributed by atoms with E-state index in [1.165, 1.54) is 11.1 Å². The average Bonchev–Trinajstić information content (AvgIpc) is 2.86. The molecule has 2 aromatic carbocycles. The van der Waals surface area contributed by atoms with Crippen LogP contribution in [-0.4, -0.2) is 53.0 Å². The Hall–Kier alpha value is -3.02. The van der Waals surface area contributed by atoms with Crippen LogP contribution in [0, 0.1) is 0 Å². The van der Waals surface area contributed by atoms with Crippen LogP contribution in [0.15, 0.2) is 72.9 Å². The summed E-state index contributed by atoms with van der Waals surface area (Å²) in [6.07, 6.45) is 5.18. The van der Waals surface area contributed by atoms with Crippen LogP contribution in [0.2, 0.25) is 0 Å². The molecule has 0 saturated carbocycles. The number of rotatable bonds is 9. The number of aldehydes is 1. The summed E-state index contributed by atoms with van der Waals surface area (Å²) < 4.78 is 0. The number of nitrogens with one attached hydrogen (secondary N) is 1. The predicted molar refractivity (Wildman–Crippen MR) is 132 cm³/mol. The van der Waals surface area contributed by atoms with Gasteiger partial charge in [0.1, 0.15) is 11.4 Å². The van der Waals surface area contributed by atoms with Gasteiger partial charge in [-0.2, -0.15) is 0 Å². The quantitative estimate of drug-likeness (QED) is 0.480. The van der Waals surface area contributed by atoms with Gasteiger partial charge in [-0.3, -0.25) is 9.69 Å². The number of benzene rings is 2. The van der Waals surface area contributed by atoms with Crippen molar-refractivity contribution in [2.45, 2.75) is 44.2 Å². The Morgan fingerprint density at radius 2 is 1.79 bits per heavy atom. The molecule has 33 heavy (non-hydrogen) atoms. The van der Waals surface area contributed by atoms with Crippen LogP contribution >= 0.6 is 0 Å². The lowest BCUT2D eigenvalue weighted by molar-refractivity contribution is 0.0976. The molecule has 3 aromatic rings. The molecule has 2 unspecified atom stereocenters. The van der Waals surface area contributed by atoms with Crippen molar-refractivity contribution in [2.75, 3.05) is 19.6 Å². The fourth-order valence-corrected chi connectivity index (χ4v) is 5.06. The third kappa shape index (κ3) is 5.67. The summed E-state index contributed by atoms with van der Waals surface area (Å²) in [6, 6.07) is 24.2. The number of carbonyl (C=O) groups excluding carboxylic acids is 1. The fourth-order valence-electron chi connectivity index (χ4n) is 5.06. The maximum absolute atomic E-state index is 10.9. The van der Waals surface area contributed by atoms with Gasteiger partial charge in [0.25, 0.3) is 0 Å². The Morgan fingerprint density at radius 1 is 1.12 bits per heavy atom. The van der Waals surface area contributed by atoms with Crippen LogP contribution < -0.4 is 5.32 Å². The smallest absolute Gasteiger partial charge is 0.172 e. The van der Waals surface area contributed by atoms with E-state index < -0.39 is 0 Å². The van der Waals surface area contributed by atoms with E-state index in [1.807, 2.05) is 0 Å². The minimum absolute atomic E-state index is 0.0359. The molecular weight excluding hydrogens is 410 g/mol. The van der Waals surface area contributed by atoms with E-state index in [9.17, 15) is 9.90 Å². The number of pyridine rings is 1. The van der Waals surface area contributed by atoms with Crippen LogP contribution in [0.25, 0.3) is 0 Å². The Balaban J connectivity index is 1.48. The minimum Gasteiger partial charge on any atom is -0.506 e. The first kappa shape index (κ1) is 23.1. The Bertz CT molecular complexity index is 986. The summed E-state index contributed by atoms with van der Waals surface area (Å²) in [6.45, 7) is 5.32. The monoisotopic (exact) mass is 443 g/mol. The molecule has 1 aromatic heterocycles. The molecule has 4 rings (SSSR count). The number of piperazine rings is 1. The summed E-state index contributed by atoms with van der Waals surface area (Å²) >= 11 is 0. The highest BCUT2D eigenvalue weighted by atomic mass is 16.3. The third-order valence-corrected chi connectivity index (χ3v) is 6.75. The largest absolute Gasteiger partial charge is 0.506 e. The van der Waals surface area contributed by atoms with Gasteiger partial charge in [-0.05, 0) is 48.9 Å². The number of hydrogen-bond donors (Lipinski definition) is 2. The molecule has 0 aliphatic carbocycles. The standard InChI is InChI=1S/C28H33N3O2/c1-21(9-8-10-22-17-27(33)25(20-32)30-18-22)31-16-15-29-19-26(31)28(23-11-4-2-5-12-23)24-13-6-3-7-14-24/h2-7,11-14,17-18,20-21,26,28-29,33H,8-10,15-16,19H2,1H3. The predicted octanol–water partition coefficient (Wildman–Crippen LogP) is 4.42. The van der Waals surface area contributed by atoms with Crippen LogP contribution in [0.5, 0.6) is 5.75 Å². The van der Waals surface area contributed by atoms with Gasteiger partial charge in [-0.15, -0.1) is 0 Å². The van der Waals surface area contributed by atoms with Gasteiger partial charge >= 0.3 is 0 Å². The maximum atomic E-state index is 10.9. The first-order valence-electron chi connectivity index (χ1n) is 11.9. The lowest BCUT2D eigenvalue weighted by atomic mass is 9.82. The zero-order valence-corrected chi connectivity index (χ0v) is 19.2. The van der Waals surface area contributed by atoms with E-state index in [2.05, 4.69) is 82.8 Å². The molecule has 0 amide bonds. The second-order valence-electron chi connectivity index (χ2n) is 8.92. The van der Waals surface area contributed by atoms with Gasteiger partial charge in [-0.1, -0.05) is 60.7 Å². The molecule has 2 atom stereocenters. The summed E-state index contributed by atoms with van der Waals surface area (Å²) in [7, 11) is 0. The van der Waals surface area contributed by atoms with Crippen LogP contribution in [-0.2, 0) is 6.42 Å². The maximum Gasteiger partial charge on any atom is 0.172 e. The Labute approximate surface area is 196 Å². The third-order valence-electron chi connectivity index (χ3n) is 6.75. The van der Waals surface area contributed by atoms with Gasteiger partial charge in [0.05, 0.1) is 0 Å². The van der Waals surface area contributed by atoms with Crippen LogP contribution in [0.4, 0.5) is 0 Å². The molecule has 1 aliphatic rings. The molecule has 5 heteroatoms. The van der Waals surface area contributed by atoms with Crippen molar-refractivity contribution < 1.29 is 9.90 Å². The van der Waals surface area contributed by atoms with Crippen molar-refractivity contribution in [1.82, 2.24) is 15.2 Å². The van der Waals surface area contributed by atoms with Crippen molar-refractivity contribution in [3.63, 3.8) is 0 Å². The summed E-state index contributed by atoms with van der Waals surface area (Å²) in [5.41, 5.74) is 3.77. The highest BCUT2D eigenvalue weighted by Gasteiger charge is 2.34. The minimum atomic E-state index is -0.0359. The molecule has 1 aliphatic heterocycles. The van der Waals surface area contributed by atoms with E-state index in [0.29, 0.717) is 24.3 Å². The molecule has 1 fully saturated rings. The first-order valence-corrected chi connectivity index (χ1v) is 11.9. The topological polar surface area (TPSA) is 65.5 Å². The number of aryl methyl sites for hydroxylation is 1. The summed E-state index contributed by atoms with van der Waals surface area (Å²) in [5, 5.41) is 13.5. The second-order valence-corrected chi connectivity index (χ2v) is 8.92. The lowest BCUT2D eigenvalue weighted by Gasteiger charge is -2.44. The SMILES string of the molecule is CC(CCCc1cnc(C=O)c(O)c1)N1CCNCC1C(c1ccccc1)c1ccccc1. The number of carbonyl (C=O) groups is 1. The van der Waals surface area contributed by atoms with Crippen molar-refractivity contribution in [3.8, 4) is 5.75 Å². The Kier molecular flexibility index (Phi) is 7.87. The van der Waals surface area contributed by atoms with Crippen molar-refractivity contribution in [1.29, 1.82) is 0 Å². The van der Waals surface area contributed by atoms with E-state index >= 15 is 0 Å². The fraction of sp³-hybridized carbons (Fsp3) is 0.357. The molecule has 0 radical (unpaired) electrons. The van der Waals surface area contributed by atoms with Gasteiger partial charge in [0.2, 0.25) is 0 Å². The molecule has 0 bridgehead atoms. The van der Waals surface area contributed by atoms with Gasteiger partial charge < -0.3 is 10.4 Å². The van der Waals surface area contributed by atoms with Crippen molar-refractivity contribution in [2.24, 2.45) is 0 Å². The zero-order valence-electron chi connectivity index (χ0n) is 19.2. The number of nitrogens with zero attached hydrogens (tertiary/aromatic N) is 2. The molecule has 172 valence electrons. The normalized spacial score (nSPS) is 17.7. The van der Waals surface area contributed by atoms with Crippen molar-refractivity contribution >= 4 is 6.29 Å². The molecule has 5 nitrogen and oxygen atoms in total. The molecule has 0 spiro atoms. The Morgan fingerprint density at radius 3 is 2.39 bits per heavy atom. The number of hydrogen-bond acceptors (Lipinski definition) is 5. The van der Waals surface area contributed by atoms with Crippen LogP contribution in [0.3, 0.4) is 0 Å². The lowest BCUT2D eigenvalue weighted by Crippen LogP contribution is -2.56. The van der Waals surface area contributed by atoms with E-state index in [0.717, 1.165) is 44.5 Å². The van der Waals surface area contributed by atoms with Gasteiger partial charge in [0.15, 0.2) is 6.29 Å².